The number of carboxylic acid groups (broad SMARTS) is 1. The van der Waals surface area contributed by atoms with Crippen molar-refractivity contribution >= 4 is 23.3 Å². The van der Waals surface area contributed by atoms with Crippen molar-refractivity contribution in [1.29, 1.82) is 0 Å². The highest BCUT2D eigenvalue weighted by Crippen LogP contribution is 2.22. The van der Waals surface area contributed by atoms with Gasteiger partial charge in [0, 0.05) is 43.4 Å². The van der Waals surface area contributed by atoms with E-state index in [1.165, 1.54) is 4.88 Å². The molecule has 0 saturated carbocycles. The molecular formula is C14H20N2O3S. The molecule has 20 heavy (non-hydrogen) atoms. The summed E-state index contributed by atoms with van der Waals surface area (Å²) in [6.45, 7) is 3.15. The molecule has 1 N–H and O–H groups in total. The molecule has 0 radical (unpaired) electrons. The Balaban J connectivity index is 1.79. The number of rotatable bonds is 5. The van der Waals surface area contributed by atoms with Crippen LogP contribution in [0.4, 0.5) is 4.79 Å². The number of hydrogen-bond acceptors (Lipinski definition) is 3. The first kappa shape index (κ1) is 14.8. The number of carboxylic acids is 1. The SMILES string of the molecule is CC(Cc1cccs1)N(C)C(=O)N1CC(CC(=O)O)C1. The van der Waals surface area contributed by atoms with Crippen molar-refractivity contribution < 1.29 is 14.7 Å². The van der Waals surface area contributed by atoms with Gasteiger partial charge in [0.15, 0.2) is 0 Å². The third-order valence-corrected chi connectivity index (χ3v) is 4.63. The number of likely N-dealkylation sites (N-methyl/N-ethyl adjacent to an activating group) is 1. The van der Waals surface area contributed by atoms with E-state index in [1.54, 1.807) is 21.1 Å². The zero-order chi connectivity index (χ0) is 14.7. The monoisotopic (exact) mass is 296 g/mol. The Morgan fingerprint density at radius 1 is 1.55 bits per heavy atom. The summed E-state index contributed by atoms with van der Waals surface area (Å²) in [5.41, 5.74) is 0. The van der Waals surface area contributed by atoms with Gasteiger partial charge in [0.1, 0.15) is 0 Å². The van der Waals surface area contributed by atoms with Crippen molar-refractivity contribution in [2.75, 3.05) is 20.1 Å². The average molecular weight is 296 g/mol. The van der Waals surface area contributed by atoms with Crippen LogP contribution in [0.5, 0.6) is 0 Å². The van der Waals surface area contributed by atoms with Gasteiger partial charge in [-0.2, -0.15) is 0 Å². The Labute approximate surface area is 122 Å². The van der Waals surface area contributed by atoms with Crippen LogP contribution >= 0.6 is 11.3 Å². The van der Waals surface area contributed by atoms with E-state index in [-0.39, 0.29) is 24.4 Å². The van der Waals surface area contributed by atoms with Crippen molar-refractivity contribution in [3.8, 4) is 0 Å². The lowest BCUT2D eigenvalue weighted by Crippen LogP contribution is -2.56. The average Bonchev–Trinajstić information content (AvgIpc) is 2.84. The number of urea groups is 1. The second-order valence-corrected chi connectivity index (χ2v) is 6.43. The summed E-state index contributed by atoms with van der Waals surface area (Å²) in [5.74, 6) is -0.682. The van der Waals surface area contributed by atoms with Crippen molar-refractivity contribution in [3.63, 3.8) is 0 Å². The van der Waals surface area contributed by atoms with Crippen LogP contribution in [0.1, 0.15) is 18.2 Å². The highest BCUT2D eigenvalue weighted by Gasteiger charge is 2.34. The van der Waals surface area contributed by atoms with Crippen LogP contribution in [0.25, 0.3) is 0 Å². The Kier molecular flexibility index (Phi) is 4.65. The van der Waals surface area contributed by atoms with E-state index in [1.807, 2.05) is 25.4 Å². The lowest BCUT2D eigenvalue weighted by atomic mass is 9.97. The quantitative estimate of drug-likeness (QED) is 0.905. The van der Waals surface area contributed by atoms with Crippen LogP contribution in [-0.2, 0) is 11.2 Å². The van der Waals surface area contributed by atoms with Crippen molar-refractivity contribution in [2.24, 2.45) is 5.92 Å². The molecule has 5 nitrogen and oxygen atoms in total. The summed E-state index contributed by atoms with van der Waals surface area (Å²) >= 11 is 1.70. The number of likely N-dealkylation sites (tertiary alicyclic amines) is 1. The fourth-order valence-corrected chi connectivity index (χ4v) is 3.20. The summed E-state index contributed by atoms with van der Waals surface area (Å²) in [6.07, 6.45) is 1.00. The van der Waals surface area contributed by atoms with E-state index < -0.39 is 5.97 Å². The Morgan fingerprint density at radius 2 is 2.25 bits per heavy atom. The van der Waals surface area contributed by atoms with Crippen molar-refractivity contribution in [1.82, 2.24) is 9.80 Å². The molecule has 1 atom stereocenters. The molecular weight excluding hydrogens is 276 g/mol. The van der Waals surface area contributed by atoms with Gasteiger partial charge in [-0.15, -0.1) is 11.3 Å². The van der Waals surface area contributed by atoms with E-state index >= 15 is 0 Å². The Morgan fingerprint density at radius 3 is 2.80 bits per heavy atom. The molecule has 6 heteroatoms. The fraction of sp³-hybridized carbons (Fsp3) is 0.571. The lowest BCUT2D eigenvalue weighted by Gasteiger charge is -2.41. The van der Waals surface area contributed by atoms with Crippen LogP contribution in [0.2, 0.25) is 0 Å². The number of carbonyl (C=O) groups excluding carboxylic acids is 1. The highest BCUT2D eigenvalue weighted by molar-refractivity contribution is 7.09. The molecule has 2 heterocycles. The van der Waals surface area contributed by atoms with Gasteiger partial charge in [-0.25, -0.2) is 4.79 Å². The zero-order valence-corrected chi connectivity index (χ0v) is 12.6. The molecule has 0 aliphatic carbocycles. The molecule has 1 fully saturated rings. The Bertz CT molecular complexity index is 469. The van der Waals surface area contributed by atoms with E-state index in [0.29, 0.717) is 13.1 Å². The maximum absolute atomic E-state index is 12.2. The molecule has 1 aromatic rings. The van der Waals surface area contributed by atoms with Crippen LogP contribution in [0.3, 0.4) is 0 Å². The predicted molar refractivity (Wildman–Crippen MR) is 78.0 cm³/mol. The predicted octanol–water partition coefficient (Wildman–Crippen LogP) is 2.14. The first-order chi connectivity index (χ1) is 9.47. The second kappa shape index (κ2) is 6.26. The van der Waals surface area contributed by atoms with Gasteiger partial charge in [0.05, 0.1) is 6.42 Å². The molecule has 0 spiro atoms. The van der Waals surface area contributed by atoms with Crippen LogP contribution in [0, 0.1) is 5.92 Å². The summed E-state index contributed by atoms with van der Waals surface area (Å²) < 4.78 is 0. The molecule has 2 amide bonds. The molecule has 110 valence electrons. The van der Waals surface area contributed by atoms with Crippen LogP contribution < -0.4 is 0 Å². The number of hydrogen-bond donors (Lipinski definition) is 1. The highest BCUT2D eigenvalue weighted by atomic mass is 32.1. The lowest BCUT2D eigenvalue weighted by molar-refractivity contribution is -0.139. The number of carbonyl (C=O) groups is 2. The van der Waals surface area contributed by atoms with Gasteiger partial charge in [0.2, 0.25) is 0 Å². The fourth-order valence-electron chi connectivity index (χ4n) is 2.37. The summed E-state index contributed by atoms with van der Waals surface area (Å²) in [7, 11) is 1.81. The molecule has 0 bridgehead atoms. The summed E-state index contributed by atoms with van der Waals surface area (Å²) in [6, 6.07) is 4.22. The van der Waals surface area contributed by atoms with Gasteiger partial charge < -0.3 is 14.9 Å². The minimum atomic E-state index is -0.790. The maximum Gasteiger partial charge on any atom is 0.320 e. The standard InChI is InChI=1S/C14H20N2O3S/c1-10(6-12-4-3-5-20-12)15(2)14(19)16-8-11(9-16)7-13(17)18/h3-5,10-11H,6-9H2,1-2H3,(H,17,18). The number of amides is 2. The van der Waals surface area contributed by atoms with Crippen LogP contribution in [-0.4, -0.2) is 53.1 Å². The smallest absolute Gasteiger partial charge is 0.320 e. The largest absolute Gasteiger partial charge is 0.481 e. The summed E-state index contributed by atoms with van der Waals surface area (Å²) in [5, 5.41) is 10.7. The minimum Gasteiger partial charge on any atom is -0.481 e. The van der Waals surface area contributed by atoms with Gasteiger partial charge in [-0.05, 0) is 18.4 Å². The van der Waals surface area contributed by atoms with E-state index in [4.69, 9.17) is 5.11 Å². The molecule has 1 unspecified atom stereocenters. The molecule has 1 aliphatic rings. The third kappa shape index (κ3) is 3.50. The van der Waals surface area contributed by atoms with Gasteiger partial charge in [-0.1, -0.05) is 6.07 Å². The van der Waals surface area contributed by atoms with E-state index in [2.05, 4.69) is 6.07 Å². The molecule has 1 aliphatic heterocycles. The van der Waals surface area contributed by atoms with Crippen LogP contribution in [0.15, 0.2) is 17.5 Å². The normalized spacial score (nSPS) is 16.6. The first-order valence-electron chi connectivity index (χ1n) is 6.73. The topological polar surface area (TPSA) is 60.9 Å². The molecule has 1 aromatic heterocycles. The maximum atomic E-state index is 12.2. The molecule has 0 aromatic carbocycles. The van der Waals surface area contributed by atoms with Gasteiger partial charge in [0.25, 0.3) is 0 Å². The third-order valence-electron chi connectivity index (χ3n) is 3.73. The van der Waals surface area contributed by atoms with Gasteiger partial charge in [-0.3, -0.25) is 4.79 Å². The minimum absolute atomic E-state index is 0.00399. The summed E-state index contributed by atoms with van der Waals surface area (Å²) in [4.78, 5) is 27.6. The van der Waals surface area contributed by atoms with E-state index in [9.17, 15) is 9.59 Å². The van der Waals surface area contributed by atoms with Crippen molar-refractivity contribution in [2.45, 2.75) is 25.8 Å². The Hall–Kier alpha value is -1.56. The number of aliphatic carboxylic acids is 1. The first-order valence-corrected chi connectivity index (χ1v) is 7.61. The molecule has 2 rings (SSSR count). The van der Waals surface area contributed by atoms with E-state index in [0.717, 1.165) is 6.42 Å². The number of thiophene rings is 1. The number of nitrogens with zero attached hydrogens (tertiary/aromatic N) is 2. The zero-order valence-electron chi connectivity index (χ0n) is 11.8. The van der Waals surface area contributed by atoms with Gasteiger partial charge >= 0.3 is 12.0 Å². The molecule has 1 saturated heterocycles. The second-order valence-electron chi connectivity index (χ2n) is 5.39. The van der Waals surface area contributed by atoms with Crippen molar-refractivity contribution in [3.05, 3.63) is 22.4 Å².